The summed E-state index contributed by atoms with van der Waals surface area (Å²) in [4.78, 5) is 21.1. The van der Waals surface area contributed by atoms with Crippen molar-refractivity contribution in [1.29, 1.82) is 0 Å². The maximum absolute atomic E-state index is 13.6. The molecule has 0 fully saturated rings. The van der Waals surface area contributed by atoms with Crippen LogP contribution in [0.5, 0.6) is 0 Å². The first-order valence-corrected chi connectivity index (χ1v) is 11.2. The summed E-state index contributed by atoms with van der Waals surface area (Å²) in [5, 5.41) is 0. The minimum atomic E-state index is -3.58. The Morgan fingerprint density at radius 2 is 2.00 bits per heavy atom. The number of nitrogens with zero attached hydrogens (tertiary/aromatic N) is 4. The van der Waals surface area contributed by atoms with Crippen LogP contribution in [0.2, 0.25) is 0 Å². The van der Waals surface area contributed by atoms with E-state index < -0.39 is 10.0 Å². The molecule has 0 spiro atoms. The monoisotopic (exact) mass is 422 g/mol. The quantitative estimate of drug-likeness (QED) is 0.739. The lowest BCUT2D eigenvalue weighted by Crippen LogP contribution is -2.43. The fourth-order valence-corrected chi connectivity index (χ4v) is 4.44. The van der Waals surface area contributed by atoms with Crippen molar-refractivity contribution in [3.05, 3.63) is 89.4 Å². The summed E-state index contributed by atoms with van der Waals surface area (Å²) in [5.74, 6) is -0.146. The Morgan fingerprint density at radius 3 is 2.77 bits per heavy atom. The van der Waals surface area contributed by atoms with E-state index in [-0.39, 0.29) is 29.6 Å². The number of amides is 1. The number of aromatic nitrogens is 1. The van der Waals surface area contributed by atoms with Crippen molar-refractivity contribution in [1.82, 2.24) is 14.8 Å². The van der Waals surface area contributed by atoms with Gasteiger partial charge < -0.3 is 9.80 Å². The first-order valence-electron chi connectivity index (χ1n) is 9.64. The van der Waals surface area contributed by atoms with Gasteiger partial charge in [-0.05, 0) is 41.8 Å². The summed E-state index contributed by atoms with van der Waals surface area (Å²) >= 11 is 0. The molecular formula is C22H22N4O3S. The van der Waals surface area contributed by atoms with Gasteiger partial charge in [0.25, 0.3) is 15.9 Å². The summed E-state index contributed by atoms with van der Waals surface area (Å²) in [6.07, 6.45) is 8.54. The van der Waals surface area contributed by atoms with E-state index in [2.05, 4.69) is 9.38 Å². The van der Waals surface area contributed by atoms with Crippen molar-refractivity contribution >= 4 is 21.8 Å². The van der Waals surface area contributed by atoms with Crippen LogP contribution in [-0.4, -0.2) is 47.2 Å². The molecule has 2 aliphatic heterocycles. The lowest BCUT2D eigenvalue weighted by atomic mass is 10.1. The number of aryl methyl sites for hydroxylation is 1. The highest BCUT2D eigenvalue weighted by Crippen LogP contribution is 2.22. The average molecular weight is 423 g/mol. The van der Waals surface area contributed by atoms with Gasteiger partial charge in [-0.25, -0.2) is 8.42 Å². The van der Waals surface area contributed by atoms with E-state index >= 15 is 0 Å². The van der Waals surface area contributed by atoms with Gasteiger partial charge in [0.1, 0.15) is 0 Å². The Kier molecular flexibility index (Phi) is 5.50. The number of fused-ring (bicyclic) bond motifs is 1. The zero-order valence-corrected chi connectivity index (χ0v) is 17.4. The number of amidine groups is 1. The highest BCUT2D eigenvalue weighted by Gasteiger charge is 2.32. The second-order valence-electron chi connectivity index (χ2n) is 7.27. The van der Waals surface area contributed by atoms with E-state index in [1.165, 1.54) is 0 Å². The van der Waals surface area contributed by atoms with Gasteiger partial charge in [-0.1, -0.05) is 30.3 Å². The molecule has 1 amide bonds. The van der Waals surface area contributed by atoms with Crippen molar-refractivity contribution in [2.75, 3.05) is 12.3 Å². The second-order valence-corrected chi connectivity index (χ2v) is 9.02. The van der Waals surface area contributed by atoms with Gasteiger partial charge in [0.2, 0.25) is 0 Å². The minimum Gasteiger partial charge on any atom is -0.331 e. The van der Waals surface area contributed by atoms with Crippen LogP contribution in [0.4, 0.5) is 0 Å². The van der Waals surface area contributed by atoms with Crippen LogP contribution in [0.15, 0.2) is 77.1 Å². The normalized spacial score (nSPS) is 17.0. The molecule has 0 saturated carbocycles. The van der Waals surface area contributed by atoms with Crippen LogP contribution in [0, 0.1) is 6.92 Å². The van der Waals surface area contributed by atoms with Crippen LogP contribution < -0.4 is 0 Å². The fourth-order valence-electron chi connectivity index (χ4n) is 3.46. The molecule has 0 N–H and O–H groups in total. The molecule has 4 rings (SSSR count). The predicted molar refractivity (Wildman–Crippen MR) is 115 cm³/mol. The molecule has 0 saturated heterocycles. The molecule has 7 nitrogen and oxygen atoms in total. The maximum Gasteiger partial charge on any atom is 0.258 e. The van der Waals surface area contributed by atoms with E-state index in [9.17, 15) is 13.2 Å². The zero-order chi connectivity index (χ0) is 21.1. The molecule has 1 aromatic carbocycles. The Morgan fingerprint density at radius 1 is 1.17 bits per heavy atom. The number of carbonyl (C=O) groups is 1. The number of pyridine rings is 1. The van der Waals surface area contributed by atoms with Gasteiger partial charge >= 0.3 is 0 Å². The van der Waals surface area contributed by atoms with E-state index in [4.69, 9.17) is 0 Å². The standard InChI is InChI=1S/C22H22N4O3S/c1-17-6-2-3-8-19(17)16-26(15-18-7-4-10-23-14-18)22(27)20-9-5-11-25-12-13-30(28,29)24-21(20)25/h2-11,14H,12-13,15-16H2,1H3. The lowest BCUT2D eigenvalue weighted by molar-refractivity contribution is -0.127. The highest BCUT2D eigenvalue weighted by molar-refractivity contribution is 7.90. The molecule has 1 aromatic heterocycles. The number of benzene rings is 1. The van der Waals surface area contributed by atoms with Crippen LogP contribution >= 0.6 is 0 Å². The topological polar surface area (TPSA) is 82.9 Å². The van der Waals surface area contributed by atoms with Crippen molar-refractivity contribution in [3.8, 4) is 0 Å². The molecule has 8 heteroatoms. The number of hydrogen-bond acceptors (Lipinski definition) is 5. The molecule has 3 heterocycles. The molecule has 154 valence electrons. The fraction of sp³-hybridized carbons (Fsp3) is 0.227. The molecule has 2 aromatic rings. The Bertz CT molecular complexity index is 1150. The van der Waals surface area contributed by atoms with Crippen molar-refractivity contribution in [2.24, 2.45) is 4.40 Å². The van der Waals surface area contributed by atoms with Gasteiger partial charge in [-0.2, -0.15) is 0 Å². The van der Waals surface area contributed by atoms with Crippen molar-refractivity contribution in [3.63, 3.8) is 0 Å². The first-order chi connectivity index (χ1) is 14.4. The smallest absolute Gasteiger partial charge is 0.258 e. The van der Waals surface area contributed by atoms with Crippen LogP contribution in [-0.2, 0) is 27.9 Å². The van der Waals surface area contributed by atoms with Crippen LogP contribution in [0.1, 0.15) is 16.7 Å². The third kappa shape index (κ3) is 4.33. The molecule has 30 heavy (non-hydrogen) atoms. The molecule has 2 aliphatic rings. The Balaban J connectivity index is 1.70. The number of rotatable bonds is 5. The number of carbonyl (C=O) groups excluding carboxylic acids is 1. The molecule has 0 radical (unpaired) electrons. The third-order valence-corrected chi connectivity index (χ3v) is 6.24. The van der Waals surface area contributed by atoms with Crippen LogP contribution in [0.3, 0.4) is 0 Å². The molecule has 0 aliphatic carbocycles. The van der Waals surface area contributed by atoms with Gasteiger partial charge in [0.05, 0.1) is 11.3 Å². The summed E-state index contributed by atoms with van der Waals surface area (Å²) in [5.41, 5.74) is 3.27. The summed E-state index contributed by atoms with van der Waals surface area (Å²) < 4.78 is 28.0. The summed E-state index contributed by atoms with van der Waals surface area (Å²) in [6, 6.07) is 11.6. The van der Waals surface area contributed by atoms with Gasteiger partial charge in [0.15, 0.2) is 5.84 Å². The van der Waals surface area contributed by atoms with E-state index in [0.717, 1.165) is 16.7 Å². The summed E-state index contributed by atoms with van der Waals surface area (Å²) in [7, 11) is -3.58. The maximum atomic E-state index is 13.6. The predicted octanol–water partition coefficient (Wildman–Crippen LogP) is 2.42. The number of sulfonamides is 1. The largest absolute Gasteiger partial charge is 0.331 e. The van der Waals surface area contributed by atoms with E-state index in [1.54, 1.807) is 40.5 Å². The first kappa shape index (κ1) is 20.0. The van der Waals surface area contributed by atoms with Gasteiger partial charge in [-0.3, -0.25) is 9.78 Å². The Labute approximate surface area is 176 Å². The van der Waals surface area contributed by atoms with Gasteiger partial charge in [0, 0.05) is 38.2 Å². The van der Waals surface area contributed by atoms with E-state index in [0.29, 0.717) is 13.1 Å². The zero-order valence-electron chi connectivity index (χ0n) is 16.6. The van der Waals surface area contributed by atoms with E-state index in [1.807, 2.05) is 43.3 Å². The SMILES string of the molecule is Cc1ccccc1CN(Cc1cccnc1)C(=O)C1=CC=CN2CCS(=O)(=O)N=C12. The van der Waals surface area contributed by atoms with Crippen molar-refractivity contribution in [2.45, 2.75) is 20.0 Å². The van der Waals surface area contributed by atoms with Crippen LogP contribution in [0.25, 0.3) is 0 Å². The lowest BCUT2D eigenvalue weighted by Gasteiger charge is -2.31. The second kappa shape index (κ2) is 8.23. The van der Waals surface area contributed by atoms with Gasteiger partial charge in [-0.15, -0.1) is 4.40 Å². The minimum absolute atomic E-state index is 0.0646. The number of allylic oxidation sites excluding steroid dienone is 2. The third-order valence-electron chi connectivity index (χ3n) is 5.09. The molecule has 0 bridgehead atoms. The molecular weight excluding hydrogens is 400 g/mol. The summed E-state index contributed by atoms with van der Waals surface area (Å²) in [6.45, 7) is 3.02. The highest BCUT2D eigenvalue weighted by atomic mass is 32.2. The molecule has 0 unspecified atom stereocenters. The van der Waals surface area contributed by atoms with Crippen molar-refractivity contribution < 1.29 is 13.2 Å². The Hall–Kier alpha value is -3.26. The molecule has 0 atom stereocenters. The average Bonchev–Trinajstić information content (AvgIpc) is 2.74. The number of hydrogen-bond donors (Lipinski definition) is 0.